The maximum atomic E-state index is 11.8. The molecule has 2 rings (SSSR count). The predicted molar refractivity (Wildman–Crippen MR) is 143 cm³/mol. The Morgan fingerprint density at radius 1 is 1.22 bits per heavy atom. The molecule has 0 bridgehead atoms. The standard InChI is InChI=1S/C24H39N5O2.HI/c1-20(2)17-26-24(27-18-23(30)28(3)4)25-13-8-16-31-22-11-14-29(15-12-22)19-21-9-6-5-7-10-21;/h5-7,9-10,22H,1,8,11-19H2,2-4H3,(H2,25,26,27);1H. The highest BCUT2D eigenvalue weighted by atomic mass is 127. The Morgan fingerprint density at radius 2 is 1.91 bits per heavy atom. The Hall–Kier alpha value is -1.65. The van der Waals surface area contributed by atoms with E-state index in [9.17, 15) is 4.79 Å². The van der Waals surface area contributed by atoms with Gasteiger partial charge in [-0.1, -0.05) is 42.5 Å². The molecular weight excluding hydrogens is 517 g/mol. The number of ether oxygens (including phenoxy) is 1. The number of hydrogen-bond donors (Lipinski definition) is 2. The summed E-state index contributed by atoms with van der Waals surface area (Å²) < 4.78 is 6.09. The number of guanidine groups is 1. The van der Waals surface area contributed by atoms with Gasteiger partial charge < -0.3 is 20.3 Å². The Bertz CT molecular complexity index is 704. The van der Waals surface area contributed by atoms with Crippen LogP contribution in [-0.2, 0) is 16.1 Å². The van der Waals surface area contributed by atoms with Crippen molar-refractivity contribution in [3.63, 3.8) is 0 Å². The lowest BCUT2D eigenvalue weighted by Gasteiger charge is -2.32. The van der Waals surface area contributed by atoms with Crippen molar-refractivity contribution in [3.8, 4) is 0 Å². The van der Waals surface area contributed by atoms with Gasteiger partial charge in [-0.25, -0.2) is 4.99 Å². The zero-order valence-corrected chi connectivity index (χ0v) is 22.1. The minimum atomic E-state index is -0.0293. The zero-order chi connectivity index (χ0) is 22.5. The van der Waals surface area contributed by atoms with Gasteiger partial charge in [0.05, 0.1) is 6.10 Å². The topological polar surface area (TPSA) is 69.2 Å². The van der Waals surface area contributed by atoms with Gasteiger partial charge in [-0.3, -0.25) is 9.69 Å². The molecule has 0 saturated carbocycles. The Balaban J connectivity index is 0.00000512. The number of benzene rings is 1. The fourth-order valence-corrected chi connectivity index (χ4v) is 3.30. The molecule has 0 atom stereocenters. The summed E-state index contributed by atoms with van der Waals surface area (Å²) in [5, 5.41) is 6.48. The second-order valence-corrected chi connectivity index (χ2v) is 8.38. The van der Waals surface area contributed by atoms with Crippen LogP contribution < -0.4 is 10.6 Å². The van der Waals surface area contributed by atoms with E-state index in [2.05, 4.69) is 57.4 Å². The molecule has 1 aromatic rings. The van der Waals surface area contributed by atoms with Gasteiger partial charge in [-0.15, -0.1) is 24.0 Å². The van der Waals surface area contributed by atoms with Crippen LogP contribution in [0.15, 0.2) is 47.5 Å². The van der Waals surface area contributed by atoms with E-state index in [-0.39, 0.29) is 36.4 Å². The maximum absolute atomic E-state index is 11.8. The second-order valence-electron chi connectivity index (χ2n) is 8.38. The summed E-state index contributed by atoms with van der Waals surface area (Å²) in [6, 6.07) is 10.6. The molecule has 32 heavy (non-hydrogen) atoms. The van der Waals surface area contributed by atoms with E-state index in [4.69, 9.17) is 4.74 Å². The van der Waals surface area contributed by atoms with Crippen LogP contribution in [0, 0.1) is 0 Å². The first-order chi connectivity index (χ1) is 14.9. The van der Waals surface area contributed by atoms with Crippen molar-refractivity contribution in [1.82, 2.24) is 20.4 Å². The minimum Gasteiger partial charge on any atom is -0.378 e. The van der Waals surface area contributed by atoms with Gasteiger partial charge in [-0.2, -0.15) is 0 Å². The Kier molecular flexibility index (Phi) is 14.2. The predicted octanol–water partition coefficient (Wildman–Crippen LogP) is 2.88. The third-order valence-electron chi connectivity index (χ3n) is 5.18. The molecule has 0 unspecified atom stereocenters. The molecule has 0 radical (unpaired) electrons. The van der Waals surface area contributed by atoms with E-state index in [1.807, 2.05) is 6.92 Å². The highest BCUT2D eigenvalue weighted by Gasteiger charge is 2.19. The van der Waals surface area contributed by atoms with Crippen molar-refractivity contribution in [2.75, 3.05) is 53.4 Å². The number of amides is 1. The molecule has 2 N–H and O–H groups in total. The summed E-state index contributed by atoms with van der Waals surface area (Å²) in [6.07, 6.45) is 3.40. The second kappa shape index (κ2) is 16.0. The SMILES string of the molecule is C=C(C)CNC(=NCC(=O)N(C)C)NCCCOC1CCN(Cc2ccccc2)CC1.I. The third kappa shape index (κ3) is 11.8. The van der Waals surface area contributed by atoms with E-state index in [0.717, 1.165) is 57.6 Å². The lowest BCUT2D eigenvalue weighted by atomic mass is 10.1. The third-order valence-corrected chi connectivity index (χ3v) is 5.18. The highest BCUT2D eigenvalue weighted by molar-refractivity contribution is 14.0. The van der Waals surface area contributed by atoms with E-state index in [1.54, 1.807) is 19.0 Å². The minimum absolute atomic E-state index is 0. The molecule has 1 amide bonds. The average molecular weight is 558 g/mol. The largest absolute Gasteiger partial charge is 0.378 e. The van der Waals surface area contributed by atoms with Gasteiger partial charge in [0.25, 0.3) is 0 Å². The summed E-state index contributed by atoms with van der Waals surface area (Å²) in [6.45, 7) is 11.2. The number of carbonyl (C=O) groups excluding carboxylic acids is 1. The van der Waals surface area contributed by atoms with Crippen LogP contribution in [0.3, 0.4) is 0 Å². The van der Waals surface area contributed by atoms with Crippen LogP contribution in [-0.4, -0.2) is 81.2 Å². The fourth-order valence-electron chi connectivity index (χ4n) is 3.30. The normalized spacial score (nSPS) is 15.0. The summed E-state index contributed by atoms with van der Waals surface area (Å²) in [4.78, 5) is 20.2. The smallest absolute Gasteiger partial charge is 0.243 e. The molecule has 1 saturated heterocycles. The van der Waals surface area contributed by atoms with Gasteiger partial charge >= 0.3 is 0 Å². The number of likely N-dealkylation sites (N-methyl/N-ethyl adjacent to an activating group) is 1. The zero-order valence-electron chi connectivity index (χ0n) is 19.8. The highest BCUT2D eigenvalue weighted by Crippen LogP contribution is 2.16. The van der Waals surface area contributed by atoms with Gasteiger partial charge in [-0.05, 0) is 31.7 Å². The first-order valence-corrected chi connectivity index (χ1v) is 11.2. The monoisotopic (exact) mass is 557 g/mol. The molecule has 1 aliphatic rings. The van der Waals surface area contributed by atoms with Gasteiger partial charge in [0, 0.05) is 53.4 Å². The van der Waals surface area contributed by atoms with Gasteiger partial charge in [0.1, 0.15) is 6.54 Å². The van der Waals surface area contributed by atoms with Crippen molar-refractivity contribution in [2.24, 2.45) is 4.99 Å². The molecule has 8 heteroatoms. The summed E-state index contributed by atoms with van der Waals surface area (Å²) in [7, 11) is 3.46. The molecule has 180 valence electrons. The number of rotatable bonds is 11. The van der Waals surface area contributed by atoms with Crippen LogP contribution >= 0.6 is 24.0 Å². The van der Waals surface area contributed by atoms with Crippen molar-refractivity contribution >= 4 is 35.8 Å². The number of halogens is 1. The van der Waals surface area contributed by atoms with Crippen LogP contribution in [0.2, 0.25) is 0 Å². The summed E-state index contributed by atoms with van der Waals surface area (Å²) in [5.41, 5.74) is 2.38. The molecule has 0 aromatic heterocycles. The maximum Gasteiger partial charge on any atom is 0.243 e. The Morgan fingerprint density at radius 3 is 2.53 bits per heavy atom. The molecule has 7 nitrogen and oxygen atoms in total. The van der Waals surface area contributed by atoms with Crippen molar-refractivity contribution in [2.45, 2.75) is 38.8 Å². The first-order valence-electron chi connectivity index (χ1n) is 11.2. The number of likely N-dealkylation sites (tertiary alicyclic amines) is 1. The van der Waals surface area contributed by atoms with Crippen LogP contribution in [0.4, 0.5) is 0 Å². The summed E-state index contributed by atoms with van der Waals surface area (Å²) in [5.74, 6) is 0.603. The summed E-state index contributed by atoms with van der Waals surface area (Å²) >= 11 is 0. The number of aliphatic imine (C=N–C) groups is 1. The van der Waals surface area contributed by atoms with E-state index in [0.29, 0.717) is 18.6 Å². The number of piperidine rings is 1. The molecule has 0 aliphatic carbocycles. The number of hydrogen-bond acceptors (Lipinski definition) is 4. The molecule has 1 aliphatic heterocycles. The molecule has 1 heterocycles. The number of nitrogens with one attached hydrogen (secondary N) is 2. The molecule has 1 aromatic carbocycles. The van der Waals surface area contributed by atoms with Crippen molar-refractivity contribution < 1.29 is 9.53 Å². The lowest BCUT2D eigenvalue weighted by molar-refractivity contribution is -0.127. The number of nitrogens with zero attached hydrogens (tertiary/aromatic N) is 3. The fraction of sp³-hybridized carbons (Fsp3) is 0.583. The van der Waals surface area contributed by atoms with Crippen LogP contribution in [0.25, 0.3) is 0 Å². The Labute approximate surface area is 210 Å². The molecule has 0 spiro atoms. The van der Waals surface area contributed by atoms with E-state index < -0.39 is 0 Å². The van der Waals surface area contributed by atoms with E-state index in [1.165, 1.54) is 5.56 Å². The molecule has 1 fully saturated rings. The van der Waals surface area contributed by atoms with E-state index >= 15 is 0 Å². The molecular formula is C24H40IN5O2. The van der Waals surface area contributed by atoms with Gasteiger partial charge in [0.2, 0.25) is 5.91 Å². The number of carbonyl (C=O) groups is 1. The van der Waals surface area contributed by atoms with Crippen LogP contribution in [0.1, 0.15) is 31.7 Å². The average Bonchev–Trinajstić information content (AvgIpc) is 2.76. The van der Waals surface area contributed by atoms with Crippen molar-refractivity contribution in [1.29, 1.82) is 0 Å². The van der Waals surface area contributed by atoms with Crippen molar-refractivity contribution in [3.05, 3.63) is 48.0 Å². The lowest BCUT2D eigenvalue weighted by Crippen LogP contribution is -2.40. The first kappa shape index (κ1) is 28.4. The van der Waals surface area contributed by atoms with Crippen LogP contribution in [0.5, 0.6) is 0 Å². The quantitative estimate of drug-likeness (QED) is 0.144. The van der Waals surface area contributed by atoms with Gasteiger partial charge in [0.15, 0.2) is 5.96 Å².